The van der Waals surface area contributed by atoms with E-state index in [1.807, 2.05) is 0 Å². The molecule has 2 rings (SSSR count). The molecule has 0 aromatic heterocycles. The maximum atomic E-state index is 14.0. The summed E-state index contributed by atoms with van der Waals surface area (Å²) < 4.78 is 28.0. The van der Waals surface area contributed by atoms with Gasteiger partial charge in [-0.1, -0.05) is 12.5 Å². The van der Waals surface area contributed by atoms with Gasteiger partial charge in [-0.25, -0.2) is 8.78 Å². The molecule has 1 aliphatic carbocycles. The molecule has 1 aliphatic rings. The molecule has 3 N–H and O–H groups in total. The van der Waals surface area contributed by atoms with Gasteiger partial charge < -0.3 is 16.0 Å². The van der Waals surface area contributed by atoms with Crippen molar-refractivity contribution in [2.24, 2.45) is 11.7 Å². The molecule has 0 spiro atoms. The van der Waals surface area contributed by atoms with Crippen molar-refractivity contribution in [1.82, 2.24) is 10.2 Å². The van der Waals surface area contributed by atoms with Crippen molar-refractivity contribution in [3.05, 3.63) is 35.4 Å². The molecule has 4 nitrogen and oxygen atoms in total. The van der Waals surface area contributed by atoms with Crippen LogP contribution in [0.2, 0.25) is 0 Å². The highest BCUT2D eigenvalue weighted by molar-refractivity contribution is 5.85. The van der Waals surface area contributed by atoms with Gasteiger partial charge in [0.2, 0.25) is 5.91 Å². The number of nitrogens with two attached hydrogens (primary N) is 1. The monoisotopic (exact) mass is 397 g/mol. The van der Waals surface area contributed by atoms with Crippen LogP contribution in [-0.4, -0.2) is 37.5 Å². The van der Waals surface area contributed by atoms with Crippen LogP contribution in [0.3, 0.4) is 0 Å². The van der Waals surface area contributed by atoms with Crippen molar-refractivity contribution in [2.75, 3.05) is 20.6 Å². The summed E-state index contributed by atoms with van der Waals surface area (Å²) in [6.45, 7) is 0.162. The second-order valence-corrected chi connectivity index (χ2v) is 6.48. The molecule has 0 heterocycles. The Morgan fingerprint density at radius 2 is 1.88 bits per heavy atom. The number of nitrogens with one attached hydrogen (secondary N) is 1. The molecule has 0 radical (unpaired) electrons. The molecule has 0 bridgehead atoms. The maximum Gasteiger partial charge on any atom is 0.223 e. The Hall–Kier alpha value is -0.950. The van der Waals surface area contributed by atoms with Crippen LogP contribution < -0.4 is 11.1 Å². The number of hydrogen-bond donors (Lipinski definition) is 2. The van der Waals surface area contributed by atoms with Crippen molar-refractivity contribution < 1.29 is 13.6 Å². The topological polar surface area (TPSA) is 58.4 Å². The molecule has 1 fully saturated rings. The standard InChI is InChI=1S/C17H25F2N3O.2ClH/c1-22(2)15(16-13(18)7-4-8-14(16)19)10-21-17(23)11-5-3-6-12(20)9-11;;/h4,7-8,11-12,15H,3,5-6,9-10,20H2,1-2H3,(H,21,23);2*1H. The Kier molecular flexibility index (Phi) is 10.5. The van der Waals surface area contributed by atoms with Gasteiger partial charge in [0.1, 0.15) is 11.6 Å². The zero-order chi connectivity index (χ0) is 17.0. The van der Waals surface area contributed by atoms with E-state index in [0.29, 0.717) is 6.42 Å². The van der Waals surface area contributed by atoms with E-state index in [2.05, 4.69) is 5.32 Å². The highest BCUT2D eigenvalue weighted by Gasteiger charge is 2.27. The quantitative estimate of drug-likeness (QED) is 0.802. The predicted molar refractivity (Wildman–Crippen MR) is 100 cm³/mol. The number of amides is 1. The molecule has 8 heteroatoms. The van der Waals surface area contributed by atoms with Gasteiger partial charge in [0, 0.05) is 24.1 Å². The second kappa shape index (κ2) is 10.9. The molecule has 1 aromatic rings. The molecular formula is C17H27Cl2F2N3O. The second-order valence-electron chi connectivity index (χ2n) is 6.48. The highest BCUT2D eigenvalue weighted by Crippen LogP contribution is 2.26. The molecule has 1 aromatic carbocycles. The third-order valence-corrected chi connectivity index (χ3v) is 4.51. The first-order valence-electron chi connectivity index (χ1n) is 8.03. The fourth-order valence-electron chi connectivity index (χ4n) is 3.18. The average Bonchev–Trinajstić information content (AvgIpc) is 2.49. The van der Waals surface area contributed by atoms with Crippen molar-refractivity contribution in [3.8, 4) is 0 Å². The molecule has 0 aliphatic heterocycles. The summed E-state index contributed by atoms with van der Waals surface area (Å²) in [5.74, 6) is -1.38. The number of carbonyl (C=O) groups is 1. The smallest absolute Gasteiger partial charge is 0.223 e. The van der Waals surface area contributed by atoms with E-state index in [1.165, 1.54) is 18.2 Å². The van der Waals surface area contributed by atoms with Gasteiger partial charge >= 0.3 is 0 Å². The van der Waals surface area contributed by atoms with Crippen LogP contribution in [0.4, 0.5) is 8.78 Å². The van der Waals surface area contributed by atoms with Gasteiger partial charge in [0.05, 0.1) is 6.04 Å². The van der Waals surface area contributed by atoms with Crippen LogP contribution in [-0.2, 0) is 4.79 Å². The Bertz CT molecular complexity index is 540. The SMILES string of the molecule is CN(C)C(CNC(=O)C1CCCC(N)C1)c1c(F)cccc1F.Cl.Cl. The van der Waals surface area contributed by atoms with Crippen LogP contribution in [0.25, 0.3) is 0 Å². The lowest BCUT2D eigenvalue weighted by Crippen LogP contribution is -2.41. The van der Waals surface area contributed by atoms with Gasteiger partial charge in [-0.2, -0.15) is 0 Å². The first-order chi connectivity index (χ1) is 10.9. The van der Waals surface area contributed by atoms with Gasteiger partial charge in [-0.15, -0.1) is 24.8 Å². The van der Waals surface area contributed by atoms with E-state index in [4.69, 9.17) is 5.73 Å². The van der Waals surface area contributed by atoms with Crippen LogP contribution in [0.15, 0.2) is 18.2 Å². The van der Waals surface area contributed by atoms with Crippen molar-refractivity contribution in [1.29, 1.82) is 0 Å². The molecular weight excluding hydrogens is 371 g/mol. The summed E-state index contributed by atoms with van der Waals surface area (Å²) >= 11 is 0. The van der Waals surface area contributed by atoms with Gasteiger partial charge in [0.15, 0.2) is 0 Å². The Balaban J connectivity index is 0.00000288. The number of halogens is 4. The number of carbonyl (C=O) groups excluding carboxylic acids is 1. The van der Waals surface area contributed by atoms with Crippen LogP contribution in [0, 0.1) is 17.6 Å². The summed E-state index contributed by atoms with van der Waals surface area (Å²) in [6.07, 6.45) is 3.38. The van der Waals surface area contributed by atoms with E-state index >= 15 is 0 Å². The Labute approximate surface area is 160 Å². The maximum absolute atomic E-state index is 14.0. The van der Waals surface area contributed by atoms with Crippen LogP contribution in [0.5, 0.6) is 0 Å². The van der Waals surface area contributed by atoms with E-state index in [1.54, 1.807) is 19.0 Å². The van der Waals surface area contributed by atoms with E-state index in [0.717, 1.165) is 19.3 Å². The summed E-state index contributed by atoms with van der Waals surface area (Å²) in [7, 11) is 3.47. The zero-order valence-electron chi connectivity index (χ0n) is 14.5. The van der Waals surface area contributed by atoms with Gasteiger partial charge in [-0.05, 0) is 45.5 Å². The minimum Gasteiger partial charge on any atom is -0.354 e. The number of hydrogen-bond acceptors (Lipinski definition) is 3. The van der Waals surface area contributed by atoms with Crippen LogP contribution >= 0.6 is 24.8 Å². The summed E-state index contributed by atoms with van der Waals surface area (Å²) in [5, 5.41) is 2.84. The number of nitrogens with zero attached hydrogens (tertiary/aromatic N) is 1. The van der Waals surface area contributed by atoms with Crippen molar-refractivity contribution >= 4 is 30.7 Å². The van der Waals surface area contributed by atoms with Crippen molar-refractivity contribution in [3.63, 3.8) is 0 Å². The minimum absolute atomic E-state index is 0. The molecule has 3 unspecified atom stereocenters. The number of likely N-dealkylation sites (N-methyl/N-ethyl adjacent to an activating group) is 1. The summed E-state index contributed by atoms with van der Waals surface area (Å²) in [6, 6.07) is 3.31. The largest absolute Gasteiger partial charge is 0.354 e. The first kappa shape index (κ1) is 24.1. The predicted octanol–water partition coefficient (Wildman–Crippen LogP) is 3.04. The Morgan fingerprint density at radius 1 is 1.28 bits per heavy atom. The highest BCUT2D eigenvalue weighted by atomic mass is 35.5. The lowest BCUT2D eigenvalue weighted by molar-refractivity contribution is -0.126. The summed E-state index contributed by atoms with van der Waals surface area (Å²) in [5.41, 5.74) is 5.89. The molecule has 3 atom stereocenters. The molecule has 144 valence electrons. The first-order valence-corrected chi connectivity index (χ1v) is 8.03. The molecule has 25 heavy (non-hydrogen) atoms. The normalized spacial score (nSPS) is 21.0. The molecule has 1 amide bonds. The van der Waals surface area contributed by atoms with Gasteiger partial charge in [-0.3, -0.25) is 4.79 Å². The van der Waals surface area contributed by atoms with Crippen molar-refractivity contribution in [2.45, 2.75) is 37.8 Å². The lowest BCUT2D eigenvalue weighted by Gasteiger charge is -2.29. The van der Waals surface area contributed by atoms with E-state index in [9.17, 15) is 13.6 Å². The fourth-order valence-corrected chi connectivity index (χ4v) is 3.18. The molecule has 0 saturated heterocycles. The third-order valence-electron chi connectivity index (χ3n) is 4.51. The lowest BCUT2D eigenvalue weighted by atomic mass is 9.85. The number of benzene rings is 1. The summed E-state index contributed by atoms with van der Waals surface area (Å²) in [4.78, 5) is 14.0. The zero-order valence-corrected chi connectivity index (χ0v) is 16.1. The average molecular weight is 398 g/mol. The minimum atomic E-state index is -0.599. The fraction of sp³-hybridized carbons (Fsp3) is 0.588. The van der Waals surface area contributed by atoms with E-state index < -0.39 is 17.7 Å². The van der Waals surface area contributed by atoms with Crippen LogP contribution in [0.1, 0.15) is 37.3 Å². The van der Waals surface area contributed by atoms with E-state index in [-0.39, 0.29) is 54.8 Å². The number of rotatable bonds is 5. The third kappa shape index (κ3) is 6.37. The van der Waals surface area contributed by atoms with Gasteiger partial charge in [0.25, 0.3) is 0 Å². The Morgan fingerprint density at radius 3 is 2.40 bits per heavy atom. The molecule has 1 saturated carbocycles.